The Hall–Kier alpha value is -2.08. The lowest BCUT2D eigenvalue weighted by atomic mass is 10.0. The maximum absolute atomic E-state index is 12.9. The van der Waals surface area contributed by atoms with E-state index in [1.54, 1.807) is 0 Å². The maximum atomic E-state index is 12.9. The summed E-state index contributed by atoms with van der Waals surface area (Å²) in [5.41, 5.74) is 1.11. The van der Waals surface area contributed by atoms with Gasteiger partial charge in [0, 0.05) is 31.6 Å². The molecule has 2 N–H and O–H groups in total. The third-order valence-corrected chi connectivity index (χ3v) is 5.66. The van der Waals surface area contributed by atoms with Crippen molar-refractivity contribution in [2.45, 2.75) is 57.0 Å². The highest BCUT2D eigenvalue weighted by Gasteiger charge is 2.31. The van der Waals surface area contributed by atoms with E-state index in [4.69, 9.17) is 5.11 Å². The van der Waals surface area contributed by atoms with Gasteiger partial charge in [-0.15, -0.1) is 0 Å². The fourth-order valence-corrected chi connectivity index (χ4v) is 4.24. The molecule has 2 aliphatic heterocycles. The molecule has 2 aliphatic rings. The number of carboxylic acid groups (broad SMARTS) is 1. The lowest BCUT2D eigenvalue weighted by Gasteiger charge is -2.30. The van der Waals surface area contributed by atoms with Crippen LogP contribution in [0.3, 0.4) is 0 Å². The average molecular weight is 373 g/mol. The Bertz CT molecular complexity index is 616. The largest absolute Gasteiger partial charge is 0.481 e. The summed E-state index contributed by atoms with van der Waals surface area (Å²) in [6, 6.07) is 10.0. The van der Waals surface area contributed by atoms with Gasteiger partial charge in [0.25, 0.3) is 0 Å². The van der Waals surface area contributed by atoms with Gasteiger partial charge in [-0.2, -0.15) is 0 Å². The molecule has 2 fully saturated rings. The molecule has 2 unspecified atom stereocenters. The van der Waals surface area contributed by atoms with Gasteiger partial charge in [-0.05, 0) is 57.2 Å². The number of carbonyl (C=O) groups excluding carboxylic acids is 1. The summed E-state index contributed by atoms with van der Waals surface area (Å²) in [6.07, 6.45) is 5.79. The first kappa shape index (κ1) is 19.7. The maximum Gasteiger partial charge on any atom is 0.317 e. The van der Waals surface area contributed by atoms with E-state index in [2.05, 4.69) is 10.2 Å². The average Bonchev–Trinajstić information content (AvgIpc) is 3.33. The lowest BCUT2D eigenvalue weighted by Crippen LogP contribution is -2.50. The number of carbonyl (C=O) groups is 2. The minimum Gasteiger partial charge on any atom is -0.481 e. The van der Waals surface area contributed by atoms with Crippen LogP contribution in [0.25, 0.3) is 0 Å². The number of nitrogens with zero attached hydrogens (tertiary/aromatic N) is 2. The Morgan fingerprint density at radius 3 is 2.56 bits per heavy atom. The molecule has 0 aromatic heterocycles. The Kier molecular flexibility index (Phi) is 7.10. The lowest BCUT2D eigenvalue weighted by molar-refractivity contribution is -0.137. The van der Waals surface area contributed by atoms with Gasteiger partial charge >= 0.3 is 12.0 Å². The molecule has 0 bridgehead atoms. The smallest absolute Gasteiger partial charge is 0.317 e. The third-order valence-electron chi connectivity index (χ3n) is 5.66. The van der Waals surface area contributed by atoms with Crippen molar-refractivity contribution < 1.29 is 14.7 Å². The molecule has 2 amide bonds. The van der Waals surface area contributed by atoms with Crippen LogP contribution in [-0.2, 0) is 11.2 Å². The molecule has 0 saturated carbocycles. The first-order chi connectivity index (χ1) is 13.1. The van der Waals surface area contributed by atoms with E-state index >= 15 is 0 Å². The van der Waals surface area contributed by atoms with Crippen molar-refractivity contribution in [1.82, 2.24) is 15.1 Å². The number of carboxylic acids is 1. The van der Waals surface area contributed by atoms with Crippen molar-refractivity contribution in [1.29, 1.82) is 0 Å². The normalized spacial score (nSPS) is 21.3. The van der Waals surface area contributed by atoms with Gasteiger partial charge in [-0.1, -0.05) is 30.3 Å². The molecule has 0 radical (unpaired) electrons. The number of aliphatic carboxylic acids is 1. The highest BCUT2D eigenvalue weighted by Crippen LogP contribution is 2.21. The van der Waals surface area contributed by atoms with Crippen LogP contribution in [0.5, 0.6) is 0 Å². The Morgan fingerprint density at radius 1 is 1.11 bits per heavy atom. The molecule has 1 aromatic rings. The number of rotatable bonds is 8. The molecule has 27 heavy (non-hydrogen) atoms. The number of amides is 2. The van der Waals surface area contributed by atoms with Gasteiger partial charge < -0.3 is 20.2 Å². The van der Waals surface area contributed by atoms with E-state index < -0.39 is 5.97 Å². The molecule has 148 valence electrons. The van der Waals surface area contributed by atoms with Crippen LogP contribution in [-0.4, -0.2) is 65.2 Å². The van der Waals surface area contributed by atoms with Crippen LogP contribution in [0.15, 0.2) is 30.3 Å². The van der Waals surface area contributed by atoms with E-state index in [0.29, 0.717) is 12.8 Å². The zero-order chi connectivity index (χ0) is 19.1. The number of hydrogen-bond donors (Lipinski definition) is 2. The van der Waals surface area contributed by atoms with Crippen LogP contribution in [0.2, 0.25) is 0 Å². The SMILES string of the molecule is O=C(O)CCC(Cc1ccccc1)NC(=O)N1CCCC1CN1CCCC1. The van der Waals surface area contributed by atoms with Crippen molar-refractivity contribution in [2.24, 2.45) is 0 Å². The summed E-state index contributed by atoms with van der Waals surface area (Å²) >= 11 is 0. The molecule has 6 nitrogen and oxygen atoms in total. The second-order valence-electron chi connectivity index (χ2n) is 7.77. The van der Waals surface area contributed by atoms with Gasteiger partial charge in [0.05, 0.1) is 0 Å². The standard InChI is InChI=1S/C21H31N3O3/c25-20(26)11-10-18(15-17-7-2-1-3-8-17)22-21(27)24-14-6-9-19(24)16-23-12-4-5-13-23/h1-3,7-8,18-19H,4-6,9-16H2,(H,22,27)(H,25,26). The molecule has 0 aliphatic carbocycles. The van der Waals surface area contributed by atoms with Crippen molar-refractivity contribution in [3.63, 3.8) is 0 Å². The molecule has 0 spiro atoms. The van der Waals surface area contributed by atoms with Gasteiger partial charge in [0.2, 0.25) is 0 Å². The fraction of sp³-hybridized carbons (Fsp3) is 0.619. The van der Waals surface area contributed by atoms with E-state index in [1.165, 1.54) is 12.8 Å². The fourth-order valence-electron chi connectivity index (χ4n) is 4.24. The Balaban J connectivity index is 1.58. The van der Waals surface area contributed by atoms with E-state index in [0.717, 1.165) is 44.6 Å². The van der Waals surface area contributed by atoms with Crippen LogP contribution >= 0.6 is 0 Å². The van der Waals surface area contributed by atoms with E-state index in [9.17, 15) is 9.59 Å². The van der Waals surface area contributed by atoms with Crippen molar-refractivity contribution in [3.05, 3.63) is 35.9 Å². The van der Waals surface area contributed by atoms with Gasteiger partial charge in [0.1, 0.15) is 0 Å². The number of hydrogen-bond acceptors (Lipinski definition) is 3. The minimum absolute atomic E-state index is 0.0389. The van der Waals surface area contributed by atoms with Crippen molar-refractivity contribution in [3.8, 4) is 0 Å². The quantitative estimate of drug-likeness (QED) is 0.735. The number of nitrogens with one attached hydrogen (secondary N) is 1. The molecule has 2 saturated heterocycles. The first-order valence-corrected chi connectivity index (χ1v) is 10.2. The van der Waals surface area contributed by atoms with Gasteiger partial charge in [-0.3, -0.25) is 4.79 Å². The monoisotopic (exact) mass is 373 g/mol. The highest BCUT2D eigenvalue weighted by atomic mass is 16.4. The molecule has 3 rings (SSSR count). The number of likely N-dealkylation sites (tertiary alicyclic amines) is 2. The minimum atomic E-state index is -0.824. The molecule has 2 heterocycles. The van der Waals surface area contributed by atoms with Crippen LogP contribution < -0.4 is 5.32 Å². The Morgan fingerprint density at radius 2 is 1.85 bits per heavy atom. The van der Waals surface area contributed by atoms with Crippen LogP contribution in [0.1, 0.15) is 44.1 Å². The molecule has 6 heteroatoms. The second kappa shape index (κ2) is 9.74. The first-order valence-electron chi connectivity index (χ1n) is 10.2. The zero-order valence-corrected chi connectivity index (χ0v) is 16.0. The topological polar surface area (TPSA) is 72.9 Å². The predicted octanol–water partition coefficient (Wildman–Crippen LogP) is 2.73. The van der Waals surface area contributed by atoms with Crippen LogP contribution in [0.4, 0.5) is 4.79 Å². The molecular formula is C21H31N3O3. The summed E-state index contributed by atoms with van der Waals surface area (Å²) in [7, 11) is 0. The van der Waals surface area contributed by atoms with Crippen molar-refractivity contribution in [2.75, 3.05) is 26.2 Å². The number of urea groups is 1. The summed E-state index contributed by atoms with van der Waals surface area (Å²) in [6.45, 7) is 4.04. The predicted molar refractivity (Wildman–Crippen MR) is 105 cm³/mol. The van der Waals surface area contributed by atoms with Gasteiger partial charge in [0.15, 0.2) is 0 Å². The Labute approximate surface area is 161 Å². The third kappa shape index (κ3) is 5.96. The molecule has 1 aromatic carbocycles. The molecule has 2 atom stereocenters. The van der Waals surface area contributed by atoms with Gasteiger partial charge in [-0.25, -0.2) is 4.79 Å². The van der Waals surface area contributed by atoms with Crippen LogP contribution in [0, 0.1) is 0 Å². The summed E-state index contributed by atoms with van der Waals surface area (Å²) in [5, 5.41) is 12.2. The van der Waals surface area contributed by atoms with Crippen molar-refractivity contribution >= 4 is 12.0 Å². The highest BCUT2D eigenvalue weighted by molar-refractivity contribution is 5.75. The summed E-state index contributed by atoms with van der Waals surface area (Å²) in [5.74, 6) is -0.824. The second-order valence-corrected chi connectivity index (χ2v) is 7.77. The summed E-state index contributed by atoms with van der Waals surface area (Å²) in [4.78, 5) is 28.4. The summed E-state index contributed by atoms with van der Waals surface area (Å²) < 4.78 is 0. The number of benzene rings is 1. The zero-order valence-electron chi connectivity index (χ0n) is 16.0. The molecular weight excluding hydrogens is 342 g/mol. The van der Waals surface area contributed by atoms with E-state index in [1.807, 2.05) is 35.2 Å². The van der Waals surface area contributed by atoms with E-state index in [-0.39, 0.29) is 24.5 Å².